The van der Waals surface area contributed by atoms with Gasteiger partial charge in [0.1, 0.15) is 0 Å². The lowest BCUT2D eigenvalue weighted by Crippen LogP contribution is -2.43. The predicted molar refractivity (Wildman–Crippen MR) is 75.4 cm³/mol. The standard InChI is InChI=1S/C13H25N3O4/c1-10(2)16(3)9-8-14-13(20)15-11(17)6-4-5-7-12(18)19/h10H,4-9H2,1-3H3,(H,18,19)(H2,14,15,17,20). The van der Waals surface area contributed by atoms with Gasteiger partial charge in [-0.25, -0.2) is 4.79 Å². The first-order valence-corrected chi connectivity index (χ1v) is 6.82. The van der Waals surface area contributed by atoms with Gasteiger partial charge in [-0.2, -0.15) is 0 Å². The minimum absolute atomic E-state index is 0.0427. The highest BCUT2D eigenvalue weighted by molar-refractivity contribution is 5.94. The van der Waals surface area contributed by atoms with Gasteiger partial charge < -0.3 is 15.3 Å². The van der Waals surface area contributed by atoms with Gasteiger partial charge in [-0.3, -0.25) is 14.9 Å². The number of carbonyl (C=O) groups excluding carboxylic acids is 2. The number of likely N-dealkylation sites (N-methyl/N-ethyl adjacent to an activating group) is 1. The van der Waals surface area contributed by atoms with Gasteiger partial charge in [0.15, 0.2) is 0 Å². The lowest BCUT2D eigenvalue weighted by atomic mass is 10.2. The number of amides is 3. The van der Waals surface area contributed by atoms with Gasteiger partial charge in [0.05, 0.1) is 0 Å². The SMILES string of the molecule is CC(C)N(C)CCNC(=O)NC(=O)CCCCC(=O)O. The molecular formula is C13H25N3O4. The molecule has 7 nitrogen and oxygen atoms in total. The molecule has 116 valence electrons. The van der Waals surface area contributed by atoms with Crippen LogP contribution in [-0.2, 0) is 9.59 Å². The third-order valence-corrected chi connectivity index (χ3v) is 2.93. The van der Waals surface area contributed by atoms with Gasteiger partial charge in [0.2, 0.25) is 5.91 Å². The second-order valence-electron chi connectivity index (χ2n) is 4.98. The van der Waals surface area contributed by atoms with Gasteiger partial charge in [-0.05, 0) is 33.7 Å². The van der Waals surface area contributed by atoms with Gasteiger partial charge in [0.25, 0.3) is 0 Å². The minimum Gasteiger partial charge on any atom is -0.481 e. The molecule has 0 rings (SSSR count). The summed E-state index contributed by atoms with van der Waals surface area (Å²) in [6.07, 6.45) is 1.10. The van der Waals surface area contributed by atoms with E-state index in [9.17, 15) is 14.4 Å². The second-order valence-corrected chi connectivity index (χ2v) is 4.98. The van der Waals surface area contributed by atoms with Crippen molar-refractivity contribution in [2.75, 3.05) is 20.1 Å². The summed E-state index contributed by atoms with van der Waals surface area (Å²) in [4.78, 5) is 35.1. The number of rotatable bonds is 9. The van der Waals surface area contributed by atoms with E-state index >= 15 is 0 Å². The maximum Gasteiger partial charge on any atom is 0.321 e. The number of nitrogens with zero attached hydrogens (tertiary/aromatic N) is 1. The van der Waals surface area contributed by atoms with Crippen LogP contribution in [0.5, 0.6) is 0 Å². The molecule has 0 fully saturated rings. The molecule has 0 saturated heterocycles. The largest absolute Gasteiger partial charge is 0.481 e. The van der Waals surface area contributed by atoms with E-state index in [1.807, 2.05) is 7.05 Å². The number of carboxylic acid groups (broad SMARTS) is 1. The van der Waals surface area contributed by atoms with Gasteiger partial charge in [-0.15, -0.1) is 0 Å². The fourth-order valence-corrected chi connectivity index (χ4v) is 1.40. The van der Waals surface area contributed by atoms with Crippen LogP contribution in [0.1, 0.15) is 39.5 Å². The Hall–Kier alpha value is -1.63. The molecule has 7 heteroatoms. The maximum atomic E-state index is 11.4. The number of imide groups is 1. The molecule has 0 saturated carbocycles. The van der Waals surface area contributed by atoms with Crippen LogP contribution < -0.4 is 10.6 Å². The summed E-state index contributed by atoms with van der Waals surface area (Å²) in [5.74, 6) is -1.26. The topological polar surface area (TPSA) is 98.7 Å². The molecule has 0 heterocycles. The Kier molecular flexibility index (Phi) is 9.36. The van der Waals surface area contributed by atoms with Crippen LogP contribution in [-0.4, -0.2) is 54.1 Å². The molecule has 0 aliphatic rings. The minimum atomic E-state index is -0.877. The summed E-state index contributed by atoms with van der Waals surface area (Å²) in [7, 11) is 1.96. The Balaban J connectivity index is 3.65. The van der Waals surface area contributed by atoms with Crippen molar-refractivity contribution in [1.82, 2.24) is 15.5 Å². The number of urea groups is 1. The first-order chi connectivity index (χ1) is 9.32. The normalized spacial score (nSPS) is 10.7. The Bertz CT molecular complexity index is 332. The van der Waals surface area contributed by atoms with Crippen LogP contribution in [0.15, 0.2) is 0 Å². The van der Waals surface area contributed by atoms with Crippen molar-refractivity contribution in [3.63, 3.8) is 0 Å². The molecule has 0 atom stereocenters. The molecule has 20 heavy (non-hydrogen) atoms. The molecule has 0 aliphatic carbocycles. The monoisotopic (exact) mass is 287 g/mol. The molecule has 3 N–H and O–H groups in total. The number of carboxylic acids is 1. The van der Waals surface area contributed by atoms with E-state index < -0.39 is 12.0 Å². The number of aliphatic carboxylic acids is 1. The van der Waals surface area contributed by atoms with Crippen molar-refractivity contribution in [2.24, 2.45) is 0 Å². The molecule has 0 bridgehead atoms. The summed E-state index contributed by atoms with van der Waals surface area (Å²) in [5, 5.41) is 13.3. The van der Waals surface area contributed by atoms with Crippen LogP contribution in [0.2, 0.25) is 0 Å². The molecule has 0 aromatic heterocycles. The van der Waals surface area contributed by atoms with Crippen molar-refractivity contribution in [1.29, 1.82) is 0 Å². The quantitative estimate of drug-likeness (QED) is 0.545. The Labute approximate surface area is 119 Å². The molecule has 0 radical (unpaired) electrons. The van der Waals surface area contributed by atoms with Crippen molar-refractivity contribution in [3.8, 4) is 0 Å². The summed E-state index contributed by atoms with van der Waals surface area (Å²) >= 11 is 0. The lowest BCUT2D eigenvalue weighted by Gasteiger charge is -2.20. The highest BCUT2D eigenvalue weighted by atomic mass is 16.4. The maximum absolute atomic E-state index is 11.4. The zero-order chi connectivity index (χ0) is 15.5. The van der Waals surface area contributed by atoms with Crippen LogP contribution in [0.3, 0.4) is 0 Å². The first kappa shape index (κ1) is 18.4. The summed E-state index contributed by atoms with van der Waals surface area (Å²) in [6.45, 7) is 5.28. The van der Waals surface area contributed by atoms with E-state index in [1.54, 1.807) is 0 Å². The third-order valence-electron chi connectivity index (χ3n) is 2.93. The number of hydrogen-bond donors (Lipinski definition) is 3. The molecule has 0 spiro atoms. The van der Waals surface area contributed by atoms with Crippen LogP contribution in [0.25, 0.3) is 0 Å². The third kappa shape index (κ3) is 10.3. The van der Waals surface area contributed by atoms with E-state index in [4.69, 9.17) is 5.11 Å². The second kappa shape index (κ2) is 10.2. The fraction of sp³-hybridized carbons (Fsp3) is 0.769. The number of hydrogen-bond acceptors (Lipinski definition) is 4. The highest BCUT2D eigenvalue weighted by Gasteiger charge is 2.08. The first-order valence-electron chi connectivity index (χ1n) is 6.82. The van der Waals surface area contributed by atoms with Crippen molar-refractivity contribution >= 4 is 17.9 Å². The Morgan fingerprint density at radius 1 is 1.15 bits per heavy atom. The van der Waals surface area contributed by atoms with Gasteiger partial charge in [0, 0.05) is 32.0 Å². The van der Waals surface area contributed by atoms with Crippen LogP contribution in [0.4, 0.5) is 4.79 Å². The van der Waals surface area contributed by atoms with E-state index in [1.165, 1.54) is 0 Å². The van der Waals surface area contributed by atoms with E-state index in [0.717, 1.165) is 0 Å². The number of unbranched alkanes of at least 4 members (excludes halogenated alkanes) is 1. The molecule has 0 aliphatic heterocycles. The average Bonchev–Trinajstić information content (AvgIpc) is 2.34. The van der Waals surface area contributed by atoms with E-state index in [0.29, 0.717) is 32.0 Å². The van der Waals surface area contributed by atoms with Crippen molar-refractivity contribution < 1.29 is 19.5 Å². The van der Waals surface area contributed by atoms with Crippen LogP contribution >= 0.6 is 0 Å². The van der Waals surface area contributed by atoms with Crippen LogP contribution in [0, 0.1) is 0 Å². The lowest BCUT2D eigenvalue weighted by molar-refractivity contribution is -0.137. The average molecular weight is 287 g/mol. The van der Waals surface area contributed by atoms with Crippen molar-refractivity contribution in [2.45, 2.75) is 45.6 Å². The molecule has 3 amide bonds. The van der Waals surface area contributed by atoms with E-state index in [-0.39, 0.29) is 18.7 Å². The predicted octanol–water partition coefficient (Wildman–Crippen LogP) is 0.797. The highest BCUT2D eigenvalue weighted by Crippen LogP contribution is 1.99. The summed E-state index contributed by atoms with van der Waals surface area (Å²) < 4.78 is 0. The zero-order valence-electron chi connectivity index (χ0n) is 12.4. The number of nitrogens with one attached hydrogen (secondary N) is 2. The summed E-state index contributed by atoms with van der Waals surface area (Å²) in [5.41, 5.74) is 0. The Morgan fingerprint density at radius 2 is 1.75 bits per heavy atom. The van der Waals surface area contributed by atoms with Gasteiger partial charge >= 0.3 is 12.0 Å². The molecule has 0 aromatic rings. The zero-order valence-corrected chi connectivity index (χ0v) is 12.4. The van der Waals surface area contributed by atoms with Gasteiger partial charge in [-0.1, -0.05) is 0 Å². The fourth-order valence-electron chi connectivity index (χ4n) is 1.40. The Morgan fingerprint density at radius 3 is 2.30 bits per heavy atom. The molecule has 0 aromatic carbocycles. The van der Waals surface area contributed by atoms with Crippen molar-refractivity contribution in [3.05, 3.63) is 0 Å². The van der Waals surface area contributed by atoms with E-state index in [2.05, 4.69) is 29.4 Å². The molecular weight excluding hydrogens is 262 g/mol. The smallest absolute Gasteiger partial charge is 0.321 e. The summed E-state index contributed by atoms with van der Waals surface area (Å²) in [6, 6.07) is -0.110. The molecule has 0 unspecified atom stereocenters. The number of carbonyl (C=O) groups is 3.